The molecule has 34 heavy (non-hydrogen) atoms. The largest absolute Gasteiger partial charge is 0.491 e. The number of carbonyl (C=O) groups excluding carboxylic acids is 1. The number of rotatable bonds is 3. The first-order valence-corrected chi connectivity index (χ1v) is 12.1. The number of aryl methyl sites for hydroxylation is 1. The van der Waals surface area contributed by atoms with E-state index in [1.807, 2.05) is 13.0 Å². The van der Waals surface area contributed by atoms with Crippen molar-refractivity contribution in [1.29, 1.82) is 0 Å². The number of thiophene rings is 1. The van der Waals surface area contributed by atoms with E-state index in [0.717, 1.165) is 24.5 Å². The van der Waals surface area contributed by atoms with Crippen LogP contribution in [0.5, 0.6) is 5.75 Å². The fourth-order valence-electron chi connectivity index (χ4n) is 4.79. The molecule has 3 aromatic rings. The first-order valence-electron chi connectivity index (χ1n) is 11.3. The summed E-state index contributed by atoms with van der Waals surface area (Å²) >= 11 is 1.20. The van der Waals surface area contributed by atoms with Crippen LogP contribution < -0.4 is 26.0 Å². The Morgan fingerprint density at radius 1 is 1.35 bits per heavy atom. The van der Waals surface area contributed by atoms with Gasteiger partial charge in [-0.25, -0.2) is 14.4 Å². The molecule has 178 valence electrons. The lowest BCUT2D eigenvalue weighted by atomic mass is 10.0. The third-order valence-corrected chi connectivity index (χ3v) is 7.62. The highest BCUT2D eigenvalue weighted by atomic mass is 32.1. The molecule has 0 radical (unpaired) electrons. The number of carbonyl (C=O) groups is 1. The molecule has 0 saturated carbocycles. The van der Waals surface area contributed by atoms with Gasteiger partial charge in [0.05, 0.1) is 30.1 Å². The molecule has 1 aromatic carbocycles. The summed E-state index contributed by atoms with van der Waals surface area (Å²) in [6.45, 7) is 5.02. The molecule has 0 aliphatic carbocycles. The van der Waals surface area contributed by atoms with Crippen LogP contribution in [0.15, 0.2) is 18.3 Å². The summed E-state index contributed by atoms with van der Waals surface area (Å²) in [4.78, 5) is 24.8. The molecule has 7 rings (SSSR count). The summed E-state index contributed by atoms with van der Waals surface area (Å²) in [5.74, 6) is -0.139. The lowest BCUT2D eigenvalue weighted by Crippen LogP contribution is -2.45. The Morgan fingerprint density at radius 3 is 3.06 bits per heavy atom. The summed E-state index contributed by atoms with van der Waals surface area (Å²) in [6.07, 6.45) is 2.05. The van der Waals surface area contributed by atoms with Gasteiger partial charge in [-0.1, -0.05) is 0 Å². The maximum atomic E-state index is 15.2. The van der Waals surface area contributed by atoms with Gasteiger partial charge in [-0.2, -0.15) is 0 Å². The van der Waals surface area contributed by atoms with Crippen molar-refractivity contribution in [1.82, 2.24) is 20.6 Å². The van der Waals surface area contributed by atoms with Crippen molar-refractivity contribution in [3.8, 4) is 5.75 Å². The van der Waals surface area contributed by atoms with Gasteiger partial charge in [-0.3, -0.25) is 4.79 Å². The average Bonchev–Trinajstić information content (AvgIpc) is 2.97. The molecule has 1 amide bonds. The second-order valence-electron chi connectivity index (χ2n) is 9.07. The molecule has 4 N–H and O–H groups in total. The molecule has 4 aliphatic rings. The monoisotopic (exact) mass is 484 g/mol. The Kier molecular flexibility index (Phi) is 5.27. The van der Waals surface area contributed by atoms with Crippen LogP contribution in [-0.4, -0.2) is 66.9 Å². The van der Waals surface area contributed by atoms with E-state index in [1.165, 1.54) is 11.3 Å². The number of ether oxygens (including phenoxy) is 2. The zero-order valence-electron chi connectivity index (χ0n) is 18.6. The summed E-state index contributed by atoms with van der Waals surface area (Å²) in [5.41, 5.74) is 9.00. The van der Waals surface area contributed by atoms with Gasteiger partial charge in [0.25, 0.3) is 5.91 Å². The molecule has 3 atom stereocenters. The highest BCUT2D eigenvalue weighted by molar-refractivity contribution is 7.21. The topological polar surface area (TPSA) is 115 Å². The molecule has 3 saturated heterocycles. The van der Waals surface area contributed by atoms with Gasteiger partial charge >= 0.3 is 0 Å². The summed E-state index contributed by atoms with van der Waals surface area (Å²) < 4.78 is 26.9. The third kappa shape index (κ3) is 3.83. The van der Waals surface area contributed by atoms with Gasteiger partial charge in [-0.15, -0.1) is 11.3 Å². The summed E-state index contributed by atoms with van der Waals surface area (Å²) in [6, 6.07) is 3.30. The first kappa shape index (κ1) is 21.5. The van der Waals surface area contributed by atoms with E-state index >= 15 is 4.39 Å². The Bertz CT molecular complexity index is 1260. The number of nitrogen functional groups attached to an aromatic ring is 1. The minimum Gasteiger partial charge on any atom is -0.491 e. The van der Waals surface area contributed by atoms with Gasteiger partial charge in [0.1, 0.15) is 33.4 Å². The van der Waals surface area contributed by atoms with Crippen molar-refractivity contribution in [2.75, 3.05) is 43.5 Å². The lowest BCUT2D eigenvalue weighted by molar-refractivity contribution is 0.0259. The number of anilines is 2. The van der Waals surface area contributed by atoms with E-state index in [9.17, 15) is 4.79 Å². The number of nitrogens with zero attached hydrogens (tertiary/aromatic N) is 3. The van der Waals surface area contributed by atoms with Crippen LogP contribution >= 0.6 is 11.3 Å². The van der Waals surface area contributed by atoms with E-state index in [4.69, 9.17) is 15.2 Å². The van der Waals surface area contributed by atoms with E-state index in [2.05, 4.69) is 25.5 Å². The highest BCUT2D eigenvalue weighted by Gasteiger charge is 2.32. The first-order chi connectivity index (χ1) is 16.4. The molecule has 2 unspecified atom stereocenters. The van der Waals surface area contributed by atoms with Crippen molar-refractivity contribution >= 4 is 39.0 Å². The normalized spacial score (nSPS) is 23.9. The van der Waals surface area contributed by atoms with Crippen LogP contribution in [0.3, 0.4) is 0 Å². The summed E-state index contributed by atoms with van der Waals surface area (Å²) in [7, 11) is 0. The van der Waals surface area contributed by atoms with Crippen molar-refractivity contribution in [2.45, 2.75) is 31.5 Å². The molecular formula is C23H25FN6O3S. The predicted octanol–water partition coefficient (Wildman–Crippen LogP) is 1.63. The predicted molar refractivity (Wildman–Crippen MR) is 127 cm³/mol. The highest BCUT2D eigenvalue weighted by Crippen LogP contribution is 2.34. The molecular weight excluding hydrogens is 459 g/mol. The number of morpholine rings is 1. The second-order valence-corrected chi connectivity index (χ2v) is 10.1. The average molecular weight is 485 g/mol. The van der Waals surface area contributed by atoms with E-state index in [0.29, 0.717) is 51.8 Å². The second kappa shape index (κ2) is 8.33. The van der Waals surface area contributed by atoms with Crippen molar-refractivity contribution in [3.05, 3.63) is 40.3 Å². The quantitative estimate of drug-likeness (QED) is 0.514. The van der Waals surface area contributed by atoms with Gasteiger partial charge in [0.2, 0.25) is 0 Å². The lowest BCUT2D eigenvalue weighted by Gasteiger charge is -2.29. The maximum Gasteiger partial charge on any atom is 0.263 e. The number of fused-ring (bicyclic) bond motifs is 6. The minimum absolute atomic E-state index is 0.0917. The molecule has 9 nitrogen and oxygen atoms in total. The molecule has 2 aromatic heterocycles. The van der Waals surface area contributed by atoms with Gasteiger partial charge in [0, 0.05) is 55.6 Å². The van der Waals surface area contributed by atoms with Crippen LogP contribution in [0.1, 0.15) is 20.9 Å². The fraction of sp³-hybridized carbons (Fsp3) is 0.435. The van der Waals surface area contributed by atoms with E-state index in [1.54, 1.807) is 12.3 Å². The van der Waals surface area contributed by atoms with Crippen molar-refractivity contribution < 1.29 is 18.7 Å². The molecule has 11 heteroatoms. The number of nitrogens with two attached hydrogens (primary N) is 1. The van der Waals surface area contributed by atoms with Crippen molar-refractivity contribution in [2.24, 2.45) is 0 Å². The molecule has 4 aliphatic heterocycles. The van der Waals surface area contributed by atoms with Crippen LogP contribution in [0, 0.1) is 12.7 Å². The van der Waals surface area contributed by atoms with Gasteiger partial charge in [0.15, 0.2) is 0 Å². The van der Waals surface area contributed by atoms with Crippen LogP contribution in [0.4, 0.5) is 15.8 Å². The van der Waals surface area contributed by atoms with E-state index < -0.39 is 0 Å². The summed E-state index contributed by atoms with van der Waals surface area (Å²) in [5, 5.41) is 6.40. The number of amides is 1. The molecule has 3 fully saturated rings. The van der Waals surface area contributed by atoms with Gasteiger partial charge in [-0.05, 0) is 13.0 Å². The van der Waals surface area contributed by atoms with Crippen LogP contribution in [0.2, 0.25) is 0 Å². The number of halogens is 1. The SMILES string of the molecule is Cc1cnc2c(N)c(C(=O)N[C@H]3COc4cc(N5CC6COC(CN6)C5)cc(F)c4C3)sc2n1. The number of hydrogen-bond acceptors (Lipinski definition) is 9. The Labute approximate surface area is 199 Å². The Hall–Kier alpha value is -3.02. The number of aromatic nitrogens is 2. The van der Waals surface area contributed by atoms with Crippen molar-refractivity contribution in [3.63, 3.8) is 0 Å². The molecule has 0 spiro atoms. The Balaban J connectivity index is 1.19. The molecule has 2 bridgehead atoms. The number of nitrogens with one attached hydrogen (secondary N) is 2. The zero-order valence-corrected chi connectivity index (χ0v) is 19.5. The van der Waals surface area contributed by atoms with E-state index in [-0.39, 0.29) is 36.5 Å². The van der Waals surface area contributed by atoms with Crippen LogP contribution in [-0.2, 0) is 11.2 Å². The Morgan fingerprint density at radius 2 is 2.24 bits per heavy atom. The smallest absolute Gasteiger partial charge is 0.263 e. The van der Waals surface area contributed by atoms with Gasteiger partial charge < -0.3 is 30.7 Å². The maximum absolute atomic E-state index is 15.2. The zero-order chi connectivity index (χ0) is 23.4. The number of hydrogen-bond donors (Lipinski definition) is 3. The molecule has 6 heterocycles. The van der Waals surface area contributed by atoms with Crippen LogP contribution in [0.25, 0.3) is 10.3 Å². The standard InChI is InChI=1S/C23H25FN6O3S/c1-11-5-27-20-19(25)21(34-23(20)28-11)22(31)29-12-2-16-17(24)3-14(4-18(16)33-9-12)30-7-13-10-32-15(8-30)6-26-13/h3-5,12-13,15,26H,2,6-10,25H2,1H3,(H,29,31)/t12-,13?,15?/m1/s1. The fourth-order valence-corrected chi connectivity index (χ4v) is 5.79. The third-order valence-electron chi connectivity index (χ3n) is 6.53. The minimum atomic E-state index is -0.376. The number of benzene rings is 1.